The maximum Gasteiger partial charge on any atom is 0.221 e. The third-order valence-electron chi connectivity index (χ3n) is 4.09. The van der Waals surface area contributed by atoms with Crippen LogP contribution in [0.15, 0.2) is 46.8 Å². The maximum atomic E-state index is 11.0. The van der Waals surface area contributed by atoms with Crippen molar-refractivity contribution in [3.8, 4) is 0 Å². The fraction of sp³-hybridized carbons (Fsp3) is 0.400. The van der Waals surface area contributed by atoms with Crippen LogP contribution in [0, 0.1) is 0 Å². The average molecular weight is 500 g/mol. The van der Waals surface area contributed by atoms with Crippen molar-refractivity contribution < 1.29 is 4.79 Å². The molecule has 0 fully saturated rings. The highest BCUT2D eigenvalue weighted by Gasteiger charge is 2.21. The topological polar surface area (TPSA) is 65.5 Å². The number of carbonyl (C=O) groups is 1. The number of carbonyl (C=O) groups excluding carboxylic acids is 1. The molecule has 0 spiro atoms. The van der Waals surface area contributed by atoms with Crippen LogP contribution in [0.4, 0.5) is 5.69 Å². The van der Waals surface area contributed by atoms with Gasteiger partial charge in [0.25, 0.3) is 0 Å². The third-order valence-corrected chi connectivity index (χ3v) is 5.33. The minimum Gasteiger partial charge on any atom is -0.356 e. The van der Waals surface area contributed by atoms with Crippen LogP contribution in [0.2, 0.25) is 0 Å². The molecule has 7 heteroatoms. The van der Waals surface area contributed by atoms with Crippen molar-refractivity contribution in [2.45, 2.75) is 32.6 Å². The van der Waals surface area contributed by atoms with Crippen LogP contribution in [-0.4, -0.2) is 32.0 Å². The Labute approximate surface area is 183 Å². The molecule has 3 N–H and O–H groups in total. The standard InChI is InChI=1S/C20H28N4OS.HI/c1-15(25)24-17-9-7-16(8-10-17)11-12-22-19(21-4)23-14-20(2,3)18-6-5-13-26-18;/h5-10,13H,11-12,14H2,1-4H3,(H,24,25)(H2,21,22,23);1H. The van der Waals surface area contributed by atoms with E-state index in [1.807, 2.05) is 24.3 Å². The molecule has 0 radical (unpaired) electrons. The van der Waals surface area contributed by atoms with E-state index >= 15 is 0 Å². The molecule has 0 unspecified atom stereocenters. The molecule has 0 aliphatic rings. The molecule has 0 aliphatic carbocycles. The van der Waals surface area contributed by atoms with Crippen molar-refractivity contribution in [3.05, 3.63) is 52.2 Å². The summed E-state index contributed by atoms with van der Waals surface area (Å²) in [5.74, 6) is 0.754. The molecule has 148 valence electrons. The zero-order valence-electron chi connectivity index (χ0n) is 16.3. The summed E-state index contributed by atoms with van der Waals surface area (Å²) >= 11 is 1.78. The number of rotatable bonds is 7. The lowest BCUT2D eigenvalue weighted by Crippen LogP contribution is -2.43. The number of halogens is 1. The van der Waals surface area contributed by atoms with Gasteiger partial charge in [-0.2, -0.15) is 0 Å². The highest BCUT2D eigenvalue weighted by molar-refractivity contribution is 14.0. The summed E-state index contributed by atoms with van der Waals surface area (Å²) in [6, 6.07) is 12.2. The number of aliphatic imine (C=N–C) groups is 1. The van der Waals surface area contributed by atoms with Gasteiger partial charge in [-0.3, -0.25) is 9.79 Å². The quantitative estimate of drug-likeness (QED) is 0.306. The van der Waals surface area contributed by atoms with Crippen LogP contribution in [0.1, 0.15) is 31.2 Å². The van der Waals surface area contributed by atoms with Crippen LogP contribution in [0.25, 0.3) is 0 Å². The number of anilines is 1. The van der Waals surface area contributed by atoms with Crippen LogP contribution in [-0.2, 0) is 16.6 Å². The van der Waals surface area contributed by atoms with Gasteiger partial charge in [0, 0.05) is 43.0 Å². The highest BCUT2D eigenvalue weighted by atomic mass is 127. The first kappa shape index (κ1) is 23.4. The van der Waals surface area contributed by atoms with Crippen molar-refractivity contribution in [2.24, 2.45) is 4.99 Å². The summed E-state index contributed by atoms with van der Waals surface area (Å²) in [4.78, 5) is 16.7. The Morgan fingerprint density at radius 1 is 1.15 bits per heavy atom. The highest BCUT2D eigenvalue weighted by Crippen LogP contribution is 2.26. The molecule has 0 bridgehead atoms. The zero-order chi connectivity index (χ0) is 19.0. The minimum absolute atomic E-state index is 0. The van der Waals surface area contributed by atoms with Gasteiger partial charge in [-0.15, -0.1) is 35.3 Å². The summed E-state index contributed by atoms with van der Waals surface area (Å²) in [6.45, 7) is 7.58. The van der Waals surface area contributed by atoms with E-state index in [0.29, 0.717) is 0 Å². The second kappa shape index (κ2) is 11.3. The third kappa shape index (κ3) is 7.88. The number of amides is 1. The number of nitrogens with zero attached hydrogens (tertiary/aromatic N) is 1. The van der Waals surface area contributed by atoms with E-state index in [0.717, 1.165) is 31.2 Å². The Balaban J connectivity index is 0.00000364. The second-order valence-electron chi connectivity index (χ2n) is 6.84. The number of nitrogens with one attached hydrogen (secondary N) is 3. The number of thiophene rings is 1. The first-order valence-electron chi connectivity index (χ1n) is 8.76. The van der Waals surface area contributed by atoms with Gasteiger partial charge in [-0.05, 0) is 35.6 Å². The van der Waals surface area contributed by atoms with Gasteiger partial charge in [-0.1, -0.05) is 32.0 Å². The molecule has 1 aromatic heterocycles. The molecular weight excluding hydrogens is 471 g/mol. The van der Waals surface area contributed by atoms with Crippen molar-refractivity contribution in [1.82, 2.24) is 10.6 Å². The number of guanidine groups is 1. The molecule has 0 saturated heterocycles. The molecule has 27 heavy (non-hydrogen) atoms. The summed E-state index contributed by atoms with van der Waals surface area (Å²) < 4.78 is 0. The van der Waals surface area contributed by atoms with E-state index in [-0.39, 0.29) is 35.3 Å². The van der Waals surface area contributed by atoms with E-state index in [1.165, 1.54) is 17.4 Å². The maximum absolute atomic E-state index is 11.0. The van der Waals surface area contributed by atoms with Crippen molar-refractivity contribution >= 4 is 52.9 Å². The van der Waals surface area contributed by atoms with E-state index in [2.05, 4.69) is 52.3 Å². The minimum atomic E-state index is -0.0558. The number of benzene rings is 1. The summed E-state index contributed by atoms with van der Waals surface area (Å²) in [5, 5.41) is 11.7. The number of hydrogen-bond donors (Lipinski definition) is 3. The molecule has 2 rings (SSSR count). The summed E-state index contributed by atoms with van der Waals surface area (Å²) in [6.07, 6.45) is 0.884. The van der Waals surface area contributed by atoms with Crippen LogP contribution in [0.3, 0.4) is 0 Å². The Morgan fingerprint density at radius 3 is 2.41 bits per heavy atom. The smallest absolute Gasteiger partial charge is 0.221 e. The Morgan fingerprint density at radius 2 is 1.85 bits per heavy atom. The van der Waals surface area contributed by atoms with E-state index in [9.17, 15) is 4.79 Å². The van der Waals surface area contributed by atoms with Gasteiger partial charge < -0.3 is 16.0 Å². The molecule has 1 heterocycles. The lowest BCUT2D eigenvalue weighted by atomic mass is 9.91. The van der Waals surface area contributed by atoms with Gasteiger partial charge in [0.1, 0.15) is 0 Å². The molecule has 5 nitrogen and oxygen atoms in total. The van der Waals surface area contributed by atoms with Crippen LogP contribution >= 0.6 is 35.3 Å². The SMILES string of the molecule is CN=C(NCCc1ccc(NC(C)=O)cc1)NCC(C)(C)c1cccs1.I. The van der Waals surface area contributed by atoms with E-state index < -0.39 is 0 Å². The number of hydrogen-bond acceptors (Lipinski definition) is 3. The first-order valence-corrected chi connectivity index (χ1v) is 9.64. The fourth-order valence-corrected chi connectivity index (χ4v) is 3.41. The summed E-state index contributed by atoms with van der Waals surface area (Å²) in [7, 11) is 1.79. The van der Waals surface area contributed by atoms with Gasteiger partial charge in [-0.25, -0.2) is 0 Å². The zero-order valence-corrected chi connectivity index (χ0v) is 19.5. The molecule has 1 amide bonds. The van der Waals surface area contributed by atoms with Crippen LogP contribution in [0.5, 0.6) is 0 Å². The van der Waals surface area contributed by atoms with Crippen molar-refractivity contribution in [2.75, 3.05) is 25.5 Å². The van der Waals surface area contributed by atoms with Gasteiger partial charge >= 0.3 is 0 Å². The predicted octanol–water partition coefficient (Wildman–Crippen LogP) is 4.01. The largest absolute Gasteiger partial charge is 0.356 e. The van der Waals surface area contributed by atoms with E-state index in [4.69, 9.17) is 0 Å². The van der Waals surface area contributed by atoms with Crippen molar-refractivity contribution in [1.29, 1.82) is 0 Å². The fourth-order valence-electron chi connectivity index (χ4n) is 2.56. The molecule has 0 aliphatic heterocycles. The first-order chi connectivity index (χ1) is 12.4. The monoisotopic (exact) mass is 500 g/mol. The predicted molar refractivity (Wildman–Crippen MR) is 127 cm³/mol. The summed E-state index contributed by atoms with van der Waals surface area (Å²) in [5.41, 5.74) is 2.09. The molecule has 1 aromatic carbocycles. The van der Waals surface area contributed by atoms with Crippen molar-refractivity contribution in [3.63, 3.8) is 0 Å². The molecular formula is C20H29IN4OS. The average Bonchev–Trinajstić information content (AvgIpc) is 3.14. The van der Waals surface area contributed by atoms with Gasteiger partial charge in [0.2, 0.25) is 5.91 Å². The Kier molecular flexibility index (Phi) is 9.79. The van der Waals surface area contributed by atoms with E-state index in [1.54, 1.807) is 18.4 Å². The molecule has 0 atom stereocenters. The lowest BCUT2D eigenvalue weighted by Gasteiger charge is -2.25. The van der Waals surface area contributed by atoms with Crippen LogP contribution < -0.4 is 16.0 Å². The molecule has 2 aromatic rings. The van der Waals surface area contributed by atoms with Gasteiger partial charge in [0.15, 0.2) is 5.96 Å². The normalized spacial score (nSPS) is 11.5. The lowest BCUT2D eigenvalue weighted by molar-refractivity contribution is -0.114. The second-order valence-corrected chi connectivity index (χ2v) is 7.79. The molecule has 0 saturated carbocycles. The Bertz CT molecular complexity index is 727. The Hall–Kier alpha value is -1.61. The van der Waals surface area contributed by atoms with Gasteiger partial charge in [0.05, 0.1) is 0 Å².